The van der Waals surface area contributed by atoms with Crippen LogP contribution in [-0.2, 0) is 23.0 Å². The predicted octanol–water partition coefficient (Wildman–Crippen LogP) is 8.08. The average molecular weight is 707 g/mol. The van der Waals surface area contributed by atoms with Crippen LogP contribution in [0.2, 0.25) is 5.02 Å². The molecule has 3 aliphatic rings. The maximum absolute atomic E-state index is 14.8. The number of carbonyl (C=O) groups excluding carboxylic acids is 1. The average Bonchev–Trinajstić information content (AvgIpc) is 3.89. The lowest BCUT2D eigenvalue weighted by atomic mass is 9.93. The highest BCUT2D eigenvalue weighted by Gasteiger charge is 2.46. The SMILES string of the molecule is CC(C)Oc1cc2nc(-c3cccc(C(F)(F)F)c3)c(CN3CCC(N4CCOCC4)CC3)c(C(=O)NC3(c4ccccc4)CC3)c2cc1Cl. The normalized spacial score (nSPS) is 18.8. The molecule has 3 aromatic carbocycles. The lowest BCUT2D eigenvalue weighted by Crippen LogP contribution is -2.48. The standard InChI is InChI=1S/C39H42ClF3N4O3/c1-25(2)50-34-23-33-30(22-32(34)40)35(37(48)45-38(13-14-38)27-8-4-3-5-9-27)31(36(44-33)26-7-6-10-28(21-26)39(41,42)43)24-46-15-11-29(12-16-46)47-17-19-49-20-18-47/h3-10,21-23,25,29H,11-20,24H2,1-2H3,(H,45,48). The number of piperidine rings is 1. The topological polar surface area (TPSA) is 66.9 Å². The summed E-state index contributed by atoms with van der Waals surface area (Å²) >= 11 is 6.79. The lowest BCUT2D eigenvalue weighted by Gasteiger charge is -2.40. The number of halogens is 4. The number of pyridine rings is 1. The zero-order valence-electron chi connectivity index (χ0n) is 28.4. The van der Waals surface area contributed by atoms with Crippen LogP contribution in [-0.4, -0.2) is 72.2 Å². The van der Waals surface area contributed by atoms with Crippen molar-refractivity contribution in [3.63, 3.8) is 0 Å². The molecule has 7 nitrogen and oxygen atoms in total. The molecule has 4 aromatic rings. The largest absolute Gasteiger partial charge is 0.489 e. The number of ether oxygens (including phenoxy) is 2. The minimum absolute atomic E-state index is 0.184. The van der Waals surface area contributed by atoms with E-state index in [4.69, 9.17) is 26.1 Å². The van der Waals surface area contributed by atoms with Gasteiger partial charge in [-0.1, -0.05) is 54.1 Å². The maximum Gasteiger partial charge on any atom is 0.416 e. The van der Waals surface area contributed by atoms with Gasteiger partial charge < -0.3 is 14.8 Å². The number of fused-ring (bicyclic) bond motifs is 1. The number of hydrogen-bond acceptors (Lipinski definition) is 6. The third-order valence-electron chi connectivity index (χ3n) is 10.1. The Hall–Kier alpha value is -3.70. The number of nitrogens with one attached hydrogen (secondary N) is 1. The molecule has 1 saturated carbocycles. The zero-order chi connectivity index (χ0) is 35.0. The van der Waals surface area contributed by atoms with Crippen LogP contribution in [0.1, 0.15) is 66.6 Å². The van der Waals surface area contributed by atoms with Gasteiger partial charge in [0.15, 0.2) is 0 Å². The Bertz CT molecular complexity index is 1850. The zero-order valence-corrected chi connectivity index (χ0v) is 29.1. The lowest BCUT2D eigenvalue weighted by molar-refractivity contribution is -0.137. The van der Waals surface area contributed by atoms with Crippen LogP contribution in [0, 0.1) is 0 Å². The van der Waals surface area contributed by atoms with Crippen LogP contribution in [0.25, 0.3) is 22.2 Å². The number of benzene rings is 3. The van der Waals surface area contributed by atoms with Crippen LogP contribution in [0.3, 0.4) is 0 Å². The van der Waals surface area contributed by atoms with E-state index in [-0.39, 0.29) is 12.0 Å². The smallest absolute Gasteiger partial charge is 0.416 e. The van der Waals surface area contributed by atoms with Gasteiger partial charge in [-0.05, 0) is 76.4 Å². The number of amides is 1. The van der Waals surface area contributed by atoms with E-state index in [1.165, 1.54) is 6.07 Å². The molecular formula is C39H42ClF3N4O3. The molecule has 264 valence electrons. The molecule has 1 aliphatic carbocycles. The van der Waals surface area contributed by atoms with Gasteiger partial charge in [-0.3, -0.25) is 14.6 Å². The van der Waals surface area contributed by atoms with Gasteiger partial charge >= 0.3 is 6.18 Å². The predicted molar refractivity (Wildman–Crippen MR) is 188 cm³/mol. The van der Waals surface area contributed by atoms with Crippen molar-refractivity contribution in [1.29, 1.82) is 0 Å². The van der Waals surface area contributed by atoms with Gasteiger partial charge in [0.05, 0.1) is 52.2 Å². The highest BCUT2D eigenvalue weighted by Crippen LogP contribution is 2.46. The van der Waals surface area contributed by atoms with Crippen molar-refractivity contribution in [3.8, 4) is 17.0 Å². The minimum Gasteiger partial charge on any atom is -0.489 e. The van der Waals surface area contributed by atoms with E-state index in [9.17, 15) is 18.0 Å². The number of morpholine rings is 1. The van der Waals surface area contributed by atoms with E-state index in [1.807, 2.05) is 44.2 Å². The summed E-state index contributed by atoms with van der Waals surface area (Å²) in [5, 5.41) is 4.20. The summed E-state index contributed by atoms with van der Waals surface area (Å²) < 4.78 is 53.7. The van der Waals surface area contributed by atoms with E-state index in [1.54, 1.807) is 18.2 Å². The van der Waals surface area contributed by atoms with Gasteiger partial charge in [0.2, 0.25) is 0 Å². The molecule has 50 heavy (non-hydrogen) atoms. The molecule has 0 bridgehead atoms. The summed E-state index contributed by atoms with van der Waals surface area (Å²) in [5.41, 5.74) is 1.72. The van der Waals surface area contributed by atoms with Crippen LogP contribution in [0.4, 0.5) is 13.2 Å². The Morgan fingerprint density at radius 3 is 2.40 bits per heavy atom. The number of nitrogens with zero attached hydrogens (tertiary/aromatic N) is 3. The first kappa shape index (κ1) is 34.7. The Kier molecular flexibility index (Phi) is 9.82. The third kappa shape index (κ3) is 7.35. The Labute approximate surface area is 295 Å². The molecule has 2 saturated heterocycles. The first-order valence-electron chi connectivity index (χ1n) is 17.4. The van der Waals surface area contributed by atoms with Gasteiger partial charge in [0.1, 0.15) is 5.75 Å². The Morgan fingerprint density at radius 1 is 1.02 bits per heavy atom. The van der Waals surface area contributed by atoms with E-state index in [0.717, 1.165) is 82.8 Å². The molecule has 1 N–H and O–H groups in total. The number of alkyl halides is 3. The molecular weight excluding hydrogens is 665 g/mol. The Balaban J connectivity index is 1.36. The second-order valence-corrected chi connectivity index (χ2v) is 14.3. The van der Waals surface area contributed by atoms with Crippen molar-refractivity contribution >= 4 is 28.4 Å². The number of aromatic nitrogens is 1. The van der Waals surface area contributed by atoms with Crippen molar-refractivity contribution in [2.24, 2.45) is 0 Å². The van der Waals surface area contributed by atoms with E-state index in [2.05, 4.69) is 15.1 Å². The molecule has 0 atom stereocenters. The first-order chi connectivity index (χ1) is 24.0. The summed E-state index contributed by atoms with van der Waals surface area (Å²) in [4.78, 5) is 24.5. The number of rotatable bonds is 9. The molecule has 7 rings (SSSR count). The summed E-state index contributed by atoms with van der Waals surface area (Å²) in [6.07, 6.45) is -1.28. The van der Waals surface area contributed by atoms with Crippen molar-refractivity contribution < 1.29 is 27.4 Å². The van der Waals surface area contributed by atoms with Gasteiger partial charge in [0.25, 0.3) is 5.91 Å². The summed E-state index contributed by atoms with van der Waals surface area (Å²) in [7, 11) is 0. The summed E-state index contributed by atoms with van der Waals surface area (Å²) in [6, 6.07) is 18.9. The van der Waals surface area contributed by atoms with Gasteiger partial charge in [-0.2, -0.15) is 13.2 Å². The first-order valence-corrected chi connectivity index (χ1v) is 17.8. The second-order valence-electron chi connectivity index (χ2n) is 13.9. The molecule has 1 aromatic heterocycles. The van der Waals surface area contributed by atoms with Crippen molar-refractivity contribution in [3.05, 3.63) is 94.0 Å². The van der Waals surface area contributed by atoms with E-state index >= 15 is 0 Å². The fourth-order valence-electron chi connectivity index (χ4n) is 7.40. The minimum atomic E-state index is -4.55. The quantitative estimate of drug-likeness (QED) is 0.190. The van der Waals surface area contributed by atoms with Crippen LogP contribution in [0.5, 0.6) is 5.75 Å². The van der Waals surface area contributed by atoms with Crippen molar-refractivity contribution in [2.75, 3.05) is 39.4 Å². The van der Waals surface area contributed by atoms with Gasteiger partial charge in [0, 0.05) is 48.3 Å². The molecule has 3 fully saturated rings. The van der Waals surface area contributed by atoms with E-state index < -0.39 is 17.3 Å². The van der Waals surface area contributed by atoms with Crippen molar-refractivity contribution in [2.45, 2.75) is 69.9 Å². The highest BCUT2D eigenvalue weighted by molar-refractivity contribution is 6.33. The summed E-state index contributed by atoms with van der Waals surface area (Å²) in [6.45, 7) is 8.95. The van der Waals surface area contributed by atoms with Crippen LogP contribution >= 0.6 is 11.6 Å². The Morgan fingerprint density at radius 2 is 1.74 bits per heavy atom. The molecule has 0 radical (unpaired) electrons. The van der Waals surface area contributed by atoms with E-state index in [0.29, 0.717) is 56.6 Å². The number of likely N-dealkylation sites (tertiary alicyclic amines) is 1. The fraction of sp³-hybridized carbons (Fsp3) is 0.436. The molecule has 11 heteroatoms. The monoisotopic (exact) mass is 706 g/mol. The highest BCUT2D eigenvalue weighted by atomic mass is 35.5. The molecule has 0 unspecified atom stereocenters. The molecule has 2 aliphatic heterocycles. The molecule has 3 heterocycles. The number of hydrogen-bond donors (Lipinski definition) is 1. The van der Waals surface area contributed by atoms with Crippen LogP contribution < -0.4 is 10.1 Å². The summed E-state index contributed by atoms with van der Waals surface area (Å²) in [5.74, 6) is 0.0858. The van der Waals surface area contributed by atoms with Crippen molar-refractivity contribution in [1.82, 2.24) is 20.1 Å². The molecule has 1 amide bonds. The second kappa shape index (κ2) is 14.1. The molecule has 0 spiro atoms. The van der Waals surface area contributed by atoms with Gasteiger partial charge in [-0.15, -0.1) is 0 Å². The maximum atomic E-state index is 14.8. The van der Waals surface area contributed by atoms with Crippen LogP contribution in [0.15, 0.2) is 66.7 Å². The third-order valence-corrected chi connectivity index (χ3v) is 10.4. The van der Waals surface area contributed by atoms with Gasteiger partial charge in [-0.25, -0.2) is 4.98 Å². The number of carbonyl (C=O) groups is 1. The fourth-order valence-corrected chi connectivity index (χ4v) is 7.61.